The van der Waals surface area contributed by atoms with Crippen LogP contribution in [0.2, 0.25) is 0 Å². The fourth-order valence-corrected chi connectivity index (χ4v) is 3.75. The first-order valence-electron chi connectivity index (χ1n) is 6.63. The first kappa shape index (κ1) is 12.8. The number of allylic oxidation sites excluding steroid dienone is 2. The van der Waals surface area contributed by atoms with E-state index in [1.807, 2.05) is 0 Å². The fraction of sp³-hybridized carbons (Fsp3) is 0.733. The summed E-state index contributed by atoms with van der Waals surface area (Å²) in [4.78, 5) is 0. The largest absolute Gasteiger partial charge is 0.396 e. The minimum Gasteiger partial charge on any atom is -0.396 e. The lowest BCUT2D eigenvalue weighted by Crippen LogP contribution is -2.51. The molecule has 0 aromatic carbocycles. The van der Waals surface area contributed by atoms with Crippen LogP contribution in [0.5, 0.6) is 0 Å². The predicted octanol–water partition coefficient (Wildman–Crippen LogP) is 2.67. The second-order valence-corrected chi connectivity index (χ2v) is 5.97. The summed E-state index contributed by atoms with van der Waals surface area (Å²) in [5.41, 5.74) is 2.13. The smallest absolute Gasteiger partial charge is 0.0627 e. The van der Waals surface area contributed by atoms with E-state index in [1.54, 1.807) is 0 Å². The van der Waals surface area contributed by atoms with E-state index in [1.165, 1.54) is 11.1 Å². The first-order chi connectivity index (χ1) is 8.01. The topological polar surface area (TPSA) is 40.5 Å². The molecule has 2 heteroatoms. The fourth-order valence-electron chi connectivity index (χ4n) is 3.75. The lowest BCUT2D eigenvalue weighted by Gasteiger charge is -2.52. The van der Waals surface area contributed by atoms with Crippen molar-refractivity contribution in [2.75, 3.05) is 6.61 Å². The van der Waals surface area contributed by atoms with Crippen molar-refractivity contribution < 1.29 is 10.2 Å². The second-order valence-electron chi connectivity index (χ2n) is 5.97. The van der Waals surface area contributed by atoms with E-state index in [0.29, 0.717) is 5.92 Å². The van der Waals surface area contributed by atoms with E-state index in [2.05, 4.69) is 20.1 Å². The molecule has 2 saturated carbocycles. The Morgan fingerprint density at radius 3 is 2.76 bits per heavy atom. The third kappa shape index (κ3) is 1.98. The molecule has 2 fully saturated rings. The maximum atomic E-state index is 10.3. The Morgan fingerprint density at radius 1 is 1.47 bits per heavy atom. The van der Waals surface area contributed by atoms with Crippen LogP contribution in [0.1, 0.15) is 39.0 Å². The quantitative estimate of drug-likeness (QED) is 0.724. The summed E-state index contributed by atoms with van der Waals surface area (Å²) in [5.74, 6) is 0.799. The van der Waals surface area contributed by atoms with Crippen LogP contribution in [-0.2, 0) is 0 Å². The average Bonchev–Trinajstić information content (AvgIpc) is 2.33. The SMILES string of the molecule is C=C(C)[C@@H]1CC[C@@]2(CO)[C@H](C1)C(=C)CC[C@@H]2O. The minimum absolute atomic E-state index is 0.0841. The molecule has 0 unspecified atom stereocenters. The van der Waals surface area contributed by atoms with Crippen molar-refractivity contribution in [1.82, 2.24) is 0 Å². The molecule has 0 amide bonds. The van der Waals surface area contributed by atoms with Crippen molar-refractivity contribution in [2.24, 2.45) is 17.3 Å². The van der Waals surface area contributed by atoms with Gasteiger partial charge in [0, 0.05) is 5.41 Å². The van der Waals surface area contributed by atoms with Gasteiger partial charge in [-0.2, -0.15) is 0 Å². The van der Waals surface area contributed by atoms with Crippen LogP contribution in [0.4, 0.5) is 0 Å². The molecule has 0 saturated heterocycles. The molecule has 0 bridgehead atoms. The molecule has 2 aliphatic rings. The highest BCUT2D eigenvalue weighted by Crippen LogP contribution is 2.54. The Balaban J connectivity index is 2.26. The summed E-state index contributed by atoms with van der Waals surface area (Å²) in [5, 5.41) is 20.0. The highest BCUT2D eigenvalue weighted by Gasteiger charge is 2.51. The van der Waals surface area contributed by atoms with Crippen LogP contribution in [0.15, 0.2) is 24.3 Å². The number of aliphatic hydroxyl groups is 2. The van der Waals surface area contributed by atoms with Crippen LogP contribution in [0.3, 0.4) is 0 Å². The normalized spacial score (nSPS) is 42.1. The molecule has 2 nitrogen and oxygen atoms in total. The summed E-state index contributed by atoms with van der Waals surface area (Å²) in [6.45, 7) is 10.4. The zero-order chi connectivity index (χ0) is 12.6. The molecule has 4 atom stereocenters. The monoisotopic (exact) mass is 236 g/mol. The summed E-state index contributed by atoms with van der Waals surface area (Å²) in [6.07, 6.45) is 4.23. The van der Waals surface area contributed by atoms with Crippen molar-refractivity contribution in [3.05, 3.63) is 24.3 Å². The Bertz CT molecular complexity index is 334. The number of rotatable bonds is 2. The zero-order valence-corrected chi connectivity index (χ0v) is 10.8. The summed E-state index contributed by atoms with van der Waals surface area (Å²) in [6, 6.07) is 0. The lowest BCUT2D eigenvalue weighted by molar-refractivity contribution is -0.0941. The Morgan fingerprint density at radius 2 is 2.18 bits per heavy atom. The van der Waals surface area contributed by atoms with E-state index in [0.717, 1.165) is 32.1 Å². The number of aliphatic hydroxyl groups excluding tert-OH is 2. The van der Waals surface area contributed by atoms with Crippen molar-refractivity contribution in [1.29, 1.82) is 0 Å². The second kappa shape index (κ2) is 4.58. The third-order valence-electron chi connectivity index (χ3n) is 5.06. The Kier molecular flexibility index (Phi) is 3.46. The zero-order valence-electron chi connectivity index (χ0n) is 10.8. The van der Waals surface area contributed by atoms with Gasteiger partial charge < -0.3 is 10.2 Å². The van der Waals surface area contributed by atoms with Crippen molar-refractivity contribution in [3.8, 4) is 0 Å². The predicted molar refractivity (Wildman–Crippen MR) is 69.5 cm³/mol. The first-order valence-corrected chi connectivity index (χ1v) is 6.63. The van der Waals surface area contributed by atoms with Gasteiger partial charge in [-0.3, -0.25) is 0 Å². The van der Waals surface area contributed by atoms with Gasteiger partial charge in [-0.05, 0) is 50.9 Å². The maximum Gasteiger partial charge on any atom is 0.0627 e. The van der Waals surface area contributed by atoms with Crippen molar-refractivity contribution in [3.63, 3.8) is 0 Å². The molecule has 0 aromatic heterocycles. The Hall–Kier alpha value is -0.600. The van der Waals surface area contributed by atoms with E-state index >= 15 is 0 Å². The van der Waals surface area contributed by atoms with Gasteiger partial charge in [-0.25, -0.2) is 0 Å². The molecule has 96 valence electrons. The molecule has 0 spiro atoms. The molecule has 0 aromatic rings. The van der Waals surface area contributed by atoms with E-state index in [9.17, 15) is 10.2 Å². The highest BCUT2D eigenvalue weighted by atomic mass is 16.3. The number of fused-ring (bicyclic) bond motifs is 1. The van der Waals surface area contributed by atoms with Crippen LogP contribution < -0.4 is 0 Å². The van der Waals surface area contributed by atoms with E-state index in [4.69, 9.17) is 0 Å². The standard InChI is InChI=1S/C15H24O2/c1-10(2)12-6-7-15(9-16)13(8-12)11(3)4-5-14(15)17/h12-14,16-17H,1,3-9H2,2H3/t12-,13-,14+,15-/m1/s1. The van der Waals surface area contributed by atoms with Gasteiger partial charge in [0.25, 0.3) is 0 Å². The summed E-state index contributed by atoms with van der Waals surface area (Å²) >= 11 is 0. The van der Waals surface area contributed by atoms with Crippen LogP contribution >= 0.6 is 0 Å². The lowest BCUT2D eigenvalue weighted by atomic mass is 9.54. The van der Waals surface area contributed by atoms with Crippen molar-refractivity contribution in [2.45, 2.75) is 45.1 Å². The van der Waals surface area contributed by atoms with Crippen LogP contribution in [-0.4, -0.2) is 22.9 Å². The molecule has 2 aliphatic carbocycles. The van der Waals surface area contributed by atoms with Gasteiger partial charge in [0.2, 0.25) is 0 Å². The molecule has 17 heavy (non-hydrogen) atoms. The molecule has 0 radical (unpaired) electrons. The molecular formula is C15H24O2. The average molecular weight is 236 g/mol. The molecule has 0 heterocycles. The summed E-state index contributed by atoms with van der Waals surface area (Å²) < 4.78 is 0. The van der Waals surface area contributed by atoms with Gasteiger partial charge >= 0.3 is 0 Å². The summed E-state index contributed by atoms with van der Waals surface area (Å²) in [7, 11) is 0. The van der Waals surface area contributed by atoms with Gasteiger partial charge in [-0.1, -0.05) is 24.3 Å². The van der Waals surface area contributed by atoms with Crippen LogP contribution in [0, 0.1) is 17.3 Å². The molecule has 0 aliphatic heterocycles. The molecule has 2 rings (SSSR count). The van der Waals surface area contributed by atoms with Crippen molar-refractivity contribution >= 4 is 0 Å². The van der Waals surface area contributed by atoms with E-state index in [-0.39, 0.29) is 24.0 Å². The number of hydrogen-bond donors (Lipinski definition) is 2. The Labute approximate surface area is 104 Å². The van der Waals surface area contributed by atoms with E-state index < -0.39 is 0 Å². The number of hydrogen-bond acceptors (Lipinski definition) is 2. The van der Waals surface area contributed by atoms with Gasteiger partial charge in [0.05, 0.1) is 12.7 Å². The molecule has 2 N–H and O–H groups in total. The van der Waals surface area contributed by atoms with Gasteiger partial charge in [0.15, 0.2) is 0 Å². The van der Waals surface area contributed by atoms with Crippen LogP contribution in [0.25, 0.3) is 0 Å². The van der Waals surface area contributed by atoms with Gasteiger partial charge in [-0.15, -0.1) is 0 Å². The molecular weight excluding hydrogens is 212 g/mol. The highest BCUT2D eigenvalue weighted by molar-refractivity contribution is 5.18. The maximum absolute atomic E-state index is 10.3. The van der Waals surface area contributed by atoms with Gasteiger partial charge in [0.1, 0.15) is 0 Å². The third-order valence-corrected chi connectivity index (χ3v) is 5.06. The minimum atomic E-state index is -0.367.